The topological polar surface area (TPSA) is 102 Å². The second kappa shape index (κ2) is 9.10. The average Bonchev–Trinajstić information content (AvgIpc) is 3.45. The number of nitrogens with zero attached hydrogens (tertiary/aromatic N) is 4. The number of anilines is 2. The van der Waals surface area contributed by atoms with Crippen molar-refractivity contribution in [3.63, 3.8) is 0 Å². The van der Waals surface area contributed by atoms with Gasteiger partial charge in [0.1, 0.15) is 0 Å². The second-order valence-electron chi connectivity index (χ2n) is 6.41. The Hall–Kier alpha value is -3.85. The van der Waals surface area contributed by atoms with E-state index in [0.29, 0.717) is 29.3 Å². The van der Waals surface area contributed by atoms with Crippen LogP contribution in [-0.2, 0) is 11.3 Å². The van der Waals surface area contributed by atoms with Crippen LogP contribution in [0.3, 0.4) is 0 Å². The van der Waals surface area contributed by atoms with Gasteiger partial charge in [0.25, 0.3) is 5.91 Å². The van der Waals surface area contributed by atoms with Crippen molar-refractivity contribution in [1.82, 2.24) is 19.5 Å². The standard InChI is InChI=1S/C21H18N6O2S/c28-19(6-9-27-10-8-23-14-27)24-17-5-1-3-15(11-17)20(29)26-21-25-18(13-30-21)16-4-2-7-22-12-16/h1-5,7-8,10-14H,6,9H2,(H,24,28)(H,25,26,29). The molecule has 8 nitrogen and oxygen atoms in total. The molecular weight excluding hydrogens is 400 g/mol. The highest BCUT2D eigenvalue weighted by atomic mass is 32.1. The first-order valence-corrected chi connectivity index (χ1v) is 10.1. The molecule has 0 aliphatic rings. The van der Waals surface area contributed by atoms with Crippen LogP contribution in [0.5, 0.6) is 0 Å². The summed E-state index contributed by atoms with van der Waals surface area (Å²) in [6.07, 6.45) is 8.86. The minimum Gasteiger partial charge on any atom is -0.337 e. The van der Waals surface area contributed by atoms with Gasteiger partial charge in [-0.25, -0.2) is 9.97 Å². The summed E-state index contributed by atoms with van der Waals surface area (Å²) in [6.45, 7) is 0.537. The molecule has 0 unspecified atom stereocenters. The number of rotatable bonds is 7. The third-order valence-corrected chi connectivity index (χ3v) is 5.00. The fourth-order valence-electron chi connectivity index (χ4n) is 2.76. The summed E-state index contributed by atoms with van der Waals surface area (Å²) in [5, 5.41) is 7.97. The van der Waals surface area contributed by atoms with Crippen LogP contribution >= 0.6 is 11.3 Å². The van der Waals surface area contributed by atoms with E-state index in [0.717, 1.165) is 11.3 Å². The summed E-state index contributed by atoms with van der Waals surface area (Å²) in [5.74, 6) is -0.432. The molecule has 0 radical (unpaired) electrons. The van der Waals surface area contributed by atoms with Crippen molar-refractivity contribution in [2.45, 2.75) is 13.0 Å². The maximum absolute atomic E-state index is 12.6. The molecule has 0 saturated heterocycles. The summed E-state index contributed by atoms with van der Waals surface area (Å²) in [4.78, 5) is 37.2. The normalized spacial score (nSPS) is 10.5. The largest absolute Gasteiger partial charge is 0.337 e. The zero-order valence-corrected chi connectivity index (χ0v) is 16.7. The number of hydrogen-bond donors (Lipinski definition) is 2. The lowest BCUT2D eigenvalue weighted by Crippen LogP contribution is -2.15. The van der Waals surface area contributed by atoms with Crippen molar-refractivity contribution in [3.05, 3.63) is 78.5 Å². The molecule has 3 aromatic heterocycles. The maximum Gasteiger partial charge on any atom is 0.257 e. The highest BCUT2D eigenvalue weighted by Gasteiger charge is 2.11. The van der Waals surface area contributed by atoms with Crippen molar-refractivity contribution in [1.29, 1.82) is 0 Å². The zero-order chi connectivity index (χ0) is 20.8. The molecule has 4 rings (SSSR count). The van der Waals surface area contributed by atoms with Gasteiger partial charge in [0, 0.05) is 59.9 Å². The van der Waals surface area contributed by atoms with Gasteiger partial charge in [-0.15, -0.1) is 11.3 Å². The lowest BCUT2D eigenvalue weighted by atomic mass is 10.2. The Morgan fingerprint density at radius 2 is 2.00 bits per heavy atom. The molecule has 0 saturated carbocycles. The van der Waals surface area contributed by atoms with Crippen LogP contribution in [0.1, 0.15) is 16.8 Å². The first kappa shape index (κ1) is 19.5. The van der Waals surface area contributed by atoms with Crippen LogP contribution in [0.4, 0.5) is 10.8 Å². The molecule has 150 valence electrons. The lowest BCUT2D eigenvalue weighted by molar-refractivity contribution is -0.116. The molecule has 3 heterocycles. The van der Waals surface area contributed by atoms with E-state index in [2.05, 4.69) is 25.6 Å². The van der Waals surface area contributed by atoms with Gasteiger partial charge in [0.15, 0.2) is 5.13 Å². The van der Waals surface area contributed by atoms with Crippen molar-refractivity contribution in [2.24, 2.45) is 0 Å². The van der Waals surface area contributed by atoms with Crippen LogP contribution in [0.25, 0.3) is 11.3 Å². The lowest BCUT2D eigenvalue weighted by Gasteiger charge is -2.08. The predicted molar refractivity (Wildman–Crippen MR) is 115 cm³/mol. The van der Waals surface area contributed by atoms with Crippen LogP contribution in [-0.4, -0.2) is 31.3 Å². The van der Waals surface area contributed by atoms with Gasteiger partial charge in [-0.3, -0.25) is 19.9 Å². The van der Waals surface area contributed by atoms with Crippen LogP contribution in [0.2, 0.25) is 0 Å². The van der Waals surface area contributed by atoms with Gasteiger partial charge in [0.2, 0.25) is 5.91 Å². The fraction of sp³-hybridized carbons (Fsp3) is 0.0952. The molecule has 1 aromatic carbocycles. The average molecular weight is 418 g/mol. The number of amides is 2. The number of imidazole rings is 1. The van der Waals surface area contributed by atoms with Gasteiger partial charge in [-0.1, -0.05) is 6.07 Å². The summed E-state index contributed by atoms with van der Waals surface area (Å²) in [6, 6.07) is 10.5. The number of nitrogens with one attached hydrogen (secondary N) is 2. The molecule has 9 heteroatoms. The van der Waals surface area contributed by atoms with E-state index >= 15 is 0 Å². The van der Waals surface area contributed by atoms with Crippen molar-refractivity contribution < 1.29 is 9.59 Å². The third kappa shape index (κ3) is 4.95. The summed E-state index contributed by atoms with van der Waals surface area (Å²) < 4.78 is 1.83. The molecule has 0 spiro atoms. The zero-order valence-electron chi connectivity index (χ0n) is 15.9. The quantitative estimate of drug-likeness (QED) is 0.477. The van der Waals surface area contributed by atoms with E-state index in [1.807, 2.05) is 22.1 Å². The summed E-state index contributed by atoms with van der Waals surface area (Å²) >= 11 is 1.34. The minimum atomic E-state index is -0.295. The molecule has 30 heavy (non-hydrogen) atoms. The number of thiazole rings is 1. The Bertz CT molecular complexity index is 1140. The number of benzene rings is 1. The molecule has 2 N–H and O–H groups in total. The second-order valence-corrected chi connectivity index (χ2v) is 7.27. The van der Waals surface area contributed by atoms with Crippen molar-refractivity contribution in [3.8, 4) is 11.3 Å². The van der Waals surface area contributed by atoms with E-state index in [9.17, 15) is 9.59 Å². The van der Waals surface area contributed by atoms with Gasteiger partial charge < -0.3 is 9.88 Å². The Balaban J connectivity index is 1.36. The van der Waals surface area contributed by atoms with E-state index in [1.165, 1.54) is 11.3 Å². The Kier molecular flexibility index (Phi) is 5.90. The van der Waals surface area contributed by atoms with Crippen LogP contribution in [0, 0.1) is 0 Å². The molecule has 0 aliphatic heterocycles. The number of aryl methyl sites for hydroxylation is 1. The molecular formula is C21H18N6O2S. The molecule has 0 atom stereocenters. The van der Waals surface area contributed by atoms with Gasteiger partial charge in [0.05, 0.1) is 12.0 Å². The van der Waals surface area contributed by atoms with E-state index < -0.39 is 0 Å². The van der Waals surface area contributed by atoms with E-state index in [-0.39, 0.29) is 11.8 Å². The smallest absolute Gasteiger partial charge is 0.257 e. The molecule has 0 bridgehead atoms. The first-order valence-electron chi connectivity index (χ1n) is 9.20. The van der Waals surface area contributed by atoms with E-state index in [1.54, 1.807) is 55.4 Å². The number of carbonyl (C=O) groups excluding carboxylic acids is 2. The monoisotopic (exact) mass is 418 g/mol. The van der Waals surface area contributed by atoms with Crippen molar-refractivity contribution in [2.75, 3.05) is 10.6 Å². The summed E-state index contributed by atoms with van der Waals surface area (Å²) in [5.41, 5.74) is 2.63. The molecule has 0 aliphatic carbocycles. The van der Waals surface area contributed by atoms with Crippen LogP contribution < -0.4 is 10.6 Å². The van der Waals surface area contributed by atoms with Gasteiger partial charge in [-0.2, -0.15) is 0 Å². The molecule has 2 amide bonds. The van der Waals surface area contributed by atoms with Gasteiger partial charge in [-0.05, 0) is 30.3 Å². The highest BCUT2D eigenvalue weighted by Crippen LogP contribution is 2.24. The Morgan fingerprint density at radius 3 is 2.80 bits per heavy atom. The summed E-state index contributed by atoms with van der Waals surface area (Å²) in [7, 11) is 0. The molecule has 4 aromatic rings. The maximum atomic E-state index is 12.6. The minimum absolute atomic E-state index is 0.137. The highest BCUT2D eigenvalue weighted by molar-refractivity contribution is 7.14. The van der Waals surface area contributed by atoms with E-state index in [4.69, 9.17) is 0 Å². The van der Waals surface area contributed by atoms with Gasteiger partial charge >= 0.3 is 0 Å². The fourth-order valence-corrected chi connectivity index (χ4v) is 3.47. The number of aromatic nitrogens is 4. The van der Waals surface area contributed by atoms with Crippen molar-refractivity contribution >= 4 is 34.0 Å². The number of hydrogen-bond acceptors (Lipinski definition) is 6. The number of pyridine rings is 1. The SMILES string of the molecule is O=C(CCn1ccnc1)Nc1cccc(C(=O)Nc2nc(-c3cccnc3)cs2)c1. The van der Waals surface area contributed by atoms with Crippen LogP contribution in [0.15, 0.2) is 72.9 Å². The molecule has 0 fully saturated rings. The Labute approximate surface area is 176 Å². The third-order valence-electron chi connectivity index (χ3n) is 4.25. The first-order chi connectivity index (χ1) is 14.7. The Morgan fingerprint density at radius 1 is 1.07 bits per heavy atom. The number of carbonyl (C=O) groups is 2. The predicted octanol–water partition coefficient (Wildman–Crippen LogP) is 3.68.